The van der Waals surface area contributed by atoms with Gasteiger partial charge in [-0.3, -0.25) is 9.69 Å². The predicted molar refractivity (Wildman–Crippen MR) is 66.6 cm³/mol. The van der Waals surface area contributed by atoms with Crippen LogP contribution in [0.3, 0.4) is 0 Å². The Hall–Kier alpha value is -2.04. The maximum absolute atomic E-state index is 11.9. The average molecular weight is 251 g/mol. The molecule has 1 amide bonds. The summed E-state index contributed by atoms with van der Waals surface area (Å²) in [6.07, 6.45) is 0.0231. The van der Waals surface area contributed by atoms with Gasteiger partial charge in [0.2, 0.25) is 0 Å². The zero-order chi connectivity index (χ0) is 13.5. The Bertz CT molecular complexity index is 405. The van der Waals surface area contributed by atoms with Crippen LogP contribution in [0.5, 0.6) is 5.75 Å². The van der Waals surface area contributed by atoms with Crippen LogP contribution < -0.4 is 4.74 Å². The first-order chi connectivity index (χ1) is 8.54. The molecule has 0 aliphatic carbocycles. The number of ether oxygens (including phenoxy) is 1. The summed E-state index contributed by atoms with van der Waals surface area (Å²) in [4.78, 5) is 23.8. The maximum atomic E-state index is 11.9. The van der Waals surface area contributed by atoms with Crippen LogP contribution in [0.15, 0.2) is 30.3 Å². The van der Waals surface area contributed by atoms with Crippen molar-refractivity contribution in [2.24, 2.45) is 0 Å². The van der Waals surface area contributed by atoms with E-state index in [0.29, 0.717) is 12.2 Å². The highest BCUT2D eigenvalue weighted by Gasteiger charge is 2.23. The minimum Gasteiger partial charge on any atom is -0.480 e. The van der Waals surface area contributed by atoms with Gasteiger partial charge >= 0.3 is 12.1 Å². The molecule has 5 nitrogen and oxygen atoms in total. The summed E-state index contributed by atoms with van der Waals surface area (Å²) in [5.74, 6) is -0.651. The number of nitrogens with zero attached hydrogens (tertiary/aromatic N) is 1. The second-order valence-electron chi connectivity index (χ2n) is 3.96. The van der Waals surface area contributed by atoms with Crippen molar-refractivity contribution in [2.45, 2.75) is 26.3 Å². The Morgan fingerprint density at radius 3 is 2.44 bits per heavy atom. The van der Waals surface area contributed by atoms with Crippen LogP contribution in [0.1, 0.15) is 20.3 Å². The van der Waals surface area contributed by atoms with E-state index in [0.717, 1.165) is 0 Å². The molecule has 0 saturated carbocycles. The third-order valence-electron chi connectivity index (χ3n) is 2.61. The lowest BCUT2D eigenvalue weighted by molar-refractivity contribution is -0.138. The van der Waals surface area contributed by atoms with Gasteiger partial charge in [0.1, 0.15) is 12.3 Å². The molecule has 5 heteroatoms. The zero-order valence-electron chi connectivity index (χ0n) is 10.5. The van der Waals surface area contributed by atoms with Gasteiger partial charge < -0.3 is 9.84 Å². The summed E-state index contributed by atoms with van der Waals surface area (Å²) in [6.45, 7) is 3.31. The molecule has 1 atom stereocenters. The average Bonchev–Trinajstić information content (AvgIpc) is 2.36. The Balaban J connectivity index is 2.73. The van der Waals surface area contributed by atoms with E-state index >= 15 is 0 Å². The van der Waals surface area contributed by atoms with Crippen molar-refractivity contribution in [1.29, 1.82) is 0 Å². The van der Waals surface area contributed by atoms with Crippen LogP contribution in [0.25, 0.3) is 0 Å². The molecule has 0 bridgehead atoms. The van der Waals surface area contributed by atoms with Crippen molar-refractivity contribution in [3.63, 3.8) is 0 Å². The molecule has 0 heterocycles. The third-order valence-corrected chi connectivity index (χ3v) is 2.61. The fourth-order valence-electron chi connectivity index (χ4n) is 1.41. The van der Waals surface area contributed by atoms with Crippen LogP contribution in [0, 0.1) is 0 Å². The lowest BCUT2D eigenvalue weighted by Gasteiger charge is -2.25. The number of benzene rings is 1. The fraction of sp³-hybridized carbons (Fsp3) is 0.385. The molecule has 0 aromatic heterocycles. The summed E-state index contributed by atoms with van der Waals surface area (Å²) in [6, 6.07) is 8.40. The fourth-order valence-corrected chi connectivity index (χ4v) is 1.41. The molecule has 0 aliphatic rings. The van der Waals surface area contributed by atoms with Crippen molar-refractivity contribution in [3.8, 4) is 5.75 Å². The van der Waals surface area contributed by atoms with E-state index in [-0.39, 0.29) is 12.6 Å². The van der Waals surface area contributed by atoms with Gasteiger partial charge in [0.25, 0.3) is 0 Å². The standard InChI is InChI=1S/C13H17NO4/c1-3-10(2)14(9-12(15)16)13(17)18-11-7-5-4-6-8-11/h4-8,10H,3,9H2,1-2H3,(H,15,16). The molecule has 1 aromatic rings. The summed E-state index contributed by atoms with van der Waals surface area (Å²) in [5, 5.41) is 8.79. The molecular formula is C13H17NO4. The van der Waals surface area contributed by atoms with E-state index in [1.165, 1.54) is 4.90 Å². The summed E-state index contributed by atoms with van der Waals surface area (Å²) in [5.41, 5.74) is 0. The first-order valence-corrected chi connectivity index (χ1v) is 5.80. The van der Waals surface area contributed by atoms with Crippen molar-refractivity contribution < 1.29 is 19.4 Å². The molecule has 18 heavy (non-hydrogen) atoms. The molecule has 0 aliphatic heterocycles. The molecule has 0 radical (unpaired) electrons. The molecule has 1 rings (SSSR count). The van der Waals surface area contributed by atoms with Gasteiger partial charge in [-0.15, -0.1) is 0 Å². The van der Waals surface area contributed by atoms with Crippen LogP contribution >= 0.6 is 0 Å². The van der Waals surface area contributed by atoms with E-state index in [1.807, 2.05) is 6.92 Å². The van der Waals surface area contributed by atoms with Gasteiger partial charge in [-0.2, -0.15) is 0 Å². The van der Waals surface area contributed by atoms with Gasteiger partial charge in [0.05, 0.1) is 0 Å². The monoisotopic (exact) mass is 251 g/mol. The van der Waals surface area contributed by atoms with Crippen molar-refractivity contribution in [1.82, 2.24) is 4.90 Å². The molecular weight excluding hydrogens is 234 g/mol. The first kappa shape index (κ1) is 14.0. The van der Waals surface area contributed by atoms with E-state index in [4.69, 9.17) is 9.84 Å². The van der Waals surface area contributed by atoms with Crippen LogP contribution in [0.4, 0.5) is 4.79 Å². The Labute approximate surface area is 106 Å². The summed E-state index contributed by atoms with van der Waals surface area (Å²) in [7, 11) is 0. The highest BCUT2D eigenvalue weighted by atomic mass is 16.6. The number of para-hydroxylation sites is 1. The summed E-state index contributed by atoms with van der Waals surface area (Å²) >= 11 is 0. The maximum Gasteiger partial charge on any atom is 0.416 e. The normalized spacial score (nSPS) is 11.7. The van der Waals surface area contributed by atoms with E-state index in [1.54, 1.807) is 37.3 Å². The van der Waals surface area contributed by atoms with Crippen molar-refractivity contribution >= 4 is 12.1 Å². The van der Waals surface area contributed by atoms with Gasteiger partial charge in [0, 0.05) is 6.04 Å². The summed E-state index contributed by atoms with van der Waals surface area (Å²) < 4.78 is 5.12. The first-order valence-electron chi connectivity index (χ1n) is 5.80. The molecule has 0 saturated heterocycles. The molecule has 1 unspecified atom stereocenters. The van der Waals surface area contributed by atoms with E-state index in [2.05, 4.69) is 0 Å². The van der Waals surface area contributed by atoms with E-state index in [9.17, 15) is 9.59 Å². The van der Waals surface area contributed by atoms with Gasteiger partial charge in [-0.25, -0.2) is 4.79 Å². The van der Waals surface area contributed by atoms with Crippen molar-refractivity contribution in [3.05, 3.63) is 30.3 Å². The quantitative estimate of drug-likeness (QED) is 0.872. The minimum atomic E-state index is -1.06. The second-order valence-corrected chi connectivity index (χ2v) is 3.96. The number of amides is 1. The second kappa shape index (κ2) is 6.64. The largest absolute Gasteiger partial charge is 0.480 e. The van der Waals surface area contributed by atoms with Gasteiger partial charge in [-0.05, 0) is 25.5 Å². The van der Waals surface area contributed by atoms with Gasteiger partial charge in [0.15, 0.2) is 0 Å². The van der Waals surface area contributed by atoms with Crippen LogP contribution in [0.2, 0.25) is 0 Å². The lowest BCUT2D eigenvalue weighted by atomic mass is 10.2. The number of carboxylic acids is 1. The Morgan fingerprint density at radius 2 is 1.94 bits per heavy atom. The molecule has 1 N–H and O–H groups in total. The van der Waals surface area contributed by atoms with Crippen LogP contribution in [-0.4, -0.2) is 34.7 Å². The Kier molecular flexibility index (Phi) is 5.17. The SMILES string of the molecule is CCC(C)N(CC(=O)O)C(=O)Oc1ccccc1. The molecule has 98 valence electrons. The third kappa shape index (κ3) is 4.08. The predicted octanol–water partition coefficient (Wildman–Crippen LogP) is 2.37. The number of carboxylic acid groups (broad SMARTS) is 1. The Morgan fingerprint density at radius 1 is 1.33 bits per heavy atom. The van der Waals surface area contributed by atoms with Crippen LogP contribution in [-0.2, 0) is 4.79 Å². The number of hydrogen-bond acceptors (Lipinski definition) is 3. The number of rotatable bonds is 5. The topological polar surface area (TPSA) is 66.8 Å². The molecule has 1 aromatic carbocycles. The number of hydrogen-bond donors (Lipinski definition) is 1. The smallest absolute Gasteiger partial charge is 0.416 e. The zero-order valence-corrected chi connectivity index (χ0v) is 10.5. The van der Waals surface area contributed by atoms with E-state index < -0.39 is 12.1 Å². The number of carbonyl (C=O) groups is 2. The van der Waals surface area contributed by atoms with Gasteiger partial charge in [-0.1, -0.05) is 25.1 Å². The highest BCUT2D eigenvalue weighted by Crippen LogP contribution is 2.12. The number of carbonyl (C=O) groups excluding carboxylic acids is 1. The highest BCUT2D eigenvalue weighted by molar-refractivity contribution is 5.78. The minimum absolute atomic E-state index is 0.183. The number of aliphatic carboxylic acids is 1. The molecule has 0 fully saturated rings. The lowest BCUT2D eigenvalue weighted by Crippen LogP contribution is -2.43. The molecule has 0 spiro atoms. The van der Waals surface area contributed by atoms with Crippen molar-refractivity contribution in [2.75, 3.05) is 6.54 Å².